The number of anilines is 2. The number of nitrogen functional groups attached to an aromatic ring is 1. The molecule has 2 rings (SSSR count). The summed E-state index contributed by atoms with van der Waals surface area (Å²) in [6.45, 7) is 3.39. The van der Waals surface area contributed by atoms with Gasteiger partial charge in [0.05, 0.1) is 18.0 Å². The van der Waals surface area contributed by atoms with Crippen molar-refractivity contribution in [2.45, 2.75) is 19.8 Å². The highest BCUT2D eigenvalue weighted by molar-refractivity contribution is 7.99. The Bertz CT molecular complexity index is 422. The van der Waals surface area contributed by atoms with E-state index in [0.717, 1.165) is 18.7 Å². The minimum absolute atomic E-state index is 0.277. The van der Waals surface area contributed by atoms with Crippen LogP contribution in [0.2, 0.25) is 0 Å². The molecule has 0 amide bonds. The lowest BCUT2D eigenvalue weighted by atomic mass is 10.1. The Balaban J connectivity index is 2.01. The molecule has 0 aliphatic carbocycles. The largest absolute Gasteiger partial charge is 0.490 e. The molecule has 19 heavy (non-hydrogen) atoms. The Hall–Kier alpha value is -1.10. The van der Waals surface area contributed by atoms with Gasteiger partial charge in [-0.25, -0.2) is 4.39 Å². The Kier molecular flexibility index (Phi) is 5.19. The monoisotopic (exact) mass is 284 g/mol. The molecule has 1 saturated heterocycles. The van der Waals surface area contributed by atoms with Crippen molar-refractivity contribution < 1.29 is 9.13 Å². The molecule has 1 aromatic rings. The van der Waals surface area contributed by atoms with Crippen LogP contribution in [0.25, 0.3) is 0 Å². The van der Waals surface area contributed by atoms with Crippen molar-refractivity contribution >= 4 is 23.1 Å². The Morgan fingerprint density at radius 1 is 1.53 bits per heavy atom. The van der Waals surface area contributed by atoms with Crippen LogP contribution >= 0.6 is 11.8 Å². The summed E-state index contributed by atoms with van der Waals surface area (Å²) >= 11 is 1.98. The van der Waals surface area contributed by atoms with E-state index >= 15 is 0 Å². The number of benzene rings is 1. The SMILES string of the molecule is CCCOc1cc(NCC2CCSC2)c(N)cc1F. The third-order valence-electron chi connectivity index (χ3n) is 3.17. The average Bonchev–Trinajstić information content (AvgIpc) is 2.90. The van der Waals surface area contributed by atoms with E-state index in [-0.39, 0.29) is 5.75 Å². The predicted octanol–water partition coefficient (Wildman–Crippen LogP) is 3.36. The summed E-state index contributed by atoms with van der Waals surface area (Å²) in [5, 5.41) is 3.31. The second-order valence-corrected chi connectivity index (χ2v) is 5.98. The number of nitrogens with one attached hydrogen (secondary N) is 1. The summed E-state index contributed by atoms with van der Waals surface area (Å²) in [5.74, 6) is 2.98. The summed E-state index contributed by atoms with van der Waals surface area (Å²) in [7, 11) is 0. The third-order valence-corrected chi connectivity index (χ3v) is 4.40. The van der Waals surface area contributed by atoms with Gasteiger partial charge < -0.3 is 15.8 Å². The second kappa shape index (κ2) is 6.89. The van der Waals surface area contributed by atoms with Gasteiger partial charge in [0.2, 0.25) is 0 Å². The van der Waals surface area contributed by atoms with Crippen molar-refractivity contribution in [2.24, 2.45) is 5.92 Å². The molecular formula is C14H21FN2OS. The molecule has 0 radical (unpaired) electrons. The quantitative estimate of drug-likeness (QED) is 0.786. The second-order valence-electron chi connectivity index (χ2n) is 4.83. The van der Waals surface area contributed by atoms with Gasteiger partial charge in [-0.3, -0.25) is 0 Å². The van der Waals surface area contributed by atoms with E-state index in [9.17, 15) is 4.39 Å². The number of rotatable bonds is 6. The Morgan fingerprint density at radius 2 is 2.37 bits per heavy atom. The standard InChI is InChI=1S/C14H21FN2OS/c1-2-4-18-14-7-13(12(16)6-11(14)15)17-8-10-3-5-19-9-10/h6-7,10,17H,2-5,8-9,16H2,1H3. The van der Waals surface area contributed by atoms with E-state index in [4.69, 9.17) is 10.5 Å². The van der Waals surface area contributed by atoms with E-state index in [1.54, 1.807) is 6.07 Å². The zero-order valence-electron chi connectivity index (χ0n) is 11.2. The van der Waals surface area contributed by atoms with E-state index in [1.165, 1.54) is 24.0 Å². The maximum absolute atomic E-state index is 13.7. The van der Waals surface area contributed by atoms with Gasteiger partial charge in [0.25, 0.3) is 0 Å². The first kappa shape index (κ1) is 14.3. The lowest BCUT2D eigenvalue weighted by molar-refractivity contribution is 0.301. The Morgan fingerprint density at radius 3 is 3.05 bits per heavy atom. The molecule has 1 unspecified atom stereocenters. The minimum Gasteiger partial charge on any atom is -0.490 e. The van der Waals surface area contributed by atoms with Crippen molar-refractivity contribution in [3.63, 3.8) is 0 Å². The molecule has 3 N–H and O–H groups in total. The molecule has 1 aliphatic heterocycles. The fraction of sp³-hybridized carbons (Fsp3) is 0.571. The average molecular weight is 284 g/mol. The fourth-order valence-electron chi connectivity index (χ4n) is 2.04. The molecular weight excluding hydrogens is 263 g/mol. The van der Waals surface area contributed by atoms with Crippen LogP contribution in [0.1, 0.15) is 19.8 Å². The molecule has 5 heteroatoms. The predicted molar refractivity (Wildman–Crippen MR) is 80.5 cm³/mol. The molecule has 1 fully saturated rings. The maximum Gasteiger partial charge on any atom is 0.167 e. The molecule has 1 atom stereocenters. The Labute approximate surface area is 118 Å². The van der Waals surface area contributed by atoms with Gasteiger partial charge in [0.1, 0.15) is 0 Å². The van der Waals surface area contributed by atoms with Crippen LogP contribution in [0.3, 0.4) is 0 Å². The number of hydrogen-bond donors (Lipinski definition) is 2. The van der Waals surface area contributed by atoms with Gasteiger partial charge in [-0.2, -0.15) is 11.8 Å². The number of nitrogens with two attached hydrogens (primary N) is 1. The zero-order chi connectivity index (χ0) is 13.7. The maximum atomic E-state index is 13.7. The fourth-order valence-corrected chi connectivity index (χ4v) is 3.33. The first-order valence-electron chi connectivity index (χ1n) is 6.74. The molecule has 0 saturated carbocycles. The smallest absolute Gasteiger partial charge is 0.167 e. The summed E-state index contributed by atoms with van der Waals surface area (Å²) < 4.78 is 19.0. The lowest BCUT2D eigenvalue weighted by Crippen LogP contribution is -2.14. The van der Waals surface area contributed by atoms with E-state index in [0.29, 0.717) is 18.2 Å². The normalized spacial score (nSPS) is 18.5. The van der Waals surface area contributed by atoms with Crippen LogP contribution in [0.15, 0.2) is 12.1 Å². The topological polar surface area (TPSA) is 47.3 Å². The van der Waals surface area contributed by atoms with Gasteiger partial charge >= 0.3 is 0 Å². The van der Waals surface area contributed by atoms with Crippen LogP contribution in [0.5, 0.6) is 5.75 Å². The van der Waals surface area contributed by atoms with E-state index in [2.05, 4.69) is 5.32 Å². The molecule has 0 bridgehead atoms. The summed E-state index contributed by atoms with van der Waals surface area (Å²) in [5.41, 5.74) is 7.05. The van der Waals surface area contributed by atoms with Crippen molar-refractivity contribution in [1.29, 1.82) is 0 Å². The molecule has 0 spiro atoms. The van der Waals surface area contributed by atoms with Crippen LogP contribution in [0.4, 0.5) is 15.8 Å². The highest BCUT2D eigenvalue weighted by atomic mass is 32.2. The molecule has 0 aromatic heterocycles. The van der Waals surface area contributed by atoms with E-state index < -0.39 is 5.82 Å². The first-order valence-corrected chi connectivity index (χ1v) is 7.89. The van der Waals surface area contributed by atoms with Gasteiger partial charge in [-0.1, -0.05) is 6.92 Å². The van der Waals surface area contributed by atoms with E-state index in [1.807, 2.05) is 18.7 Å². The van der Waals surface area contributed by atoms with Crippen LogP contribution < -0.4 is 15.8 Å². The van der Waals surface area contributed by atoms with Gasteiger partial charge in [-0.15, -0.1) is 0 Å². The molecule has 1 aromatic carbocycles. The molecule has 106 valence electrons. The highest BCUT2D eigenvalue weighted by Gasteiger charge is 2.16. The van der Waals surface area contributed by atoms with Crippen molar-refractivity contribution in [3.05, 3.63) is 17.9 Å². The summed E-state index contributed by atoms with van der Waals surface area (Å²) in [6.07, 6.45) is 2.09. The minimum atomic E-state index is -0.395. The summed E-state index contributed by atoms with van der Waals surface area (Å²) in [6, 6.07) is 3.00. The number of ether oxygens (including phenoxy) is 1. The van der Waals surface area contributed by atoms with Crippen molar-refractivity contribution in [2.75, 3.05) is 35.7 Å². The highest BCUT2D eigenvalue weighted by Crippen LogP contribution is 2.30. The lowest BCUT2D eigenvalue weighted by Gasteiger charge is -2.15. The number of halogens is 1. The van der Waals surface area contributed by atoms with Crippen LogP contribution in [-0.2, 0) is 0 Å². The molecule has 1 aliphatic rings. The van der Waals surface area contributed by atoms with Crippen molar-refractivity contribution in [1.82, 2.24) is 0 Å². The number of thioether (sulfide) groups is 1. The van der Waals surface area contributed by atoms with Crippen LogP contribution in [0, 0.1) is 11.7 Å². The number of hydrogen-bond acceptors (Lipinski definition) is 4. The molecule has 3 nitrogen and oxygen atoms in total. The zero-order valence-corrected chi connectivity index (χ0v) is 12.1. The van der Waals surface area contributed by atoms with Crippen molar-refractivity contribution in [3.8, 4) is 5.75 Å². The summed E-state index contributed by atoms with van der Waals surface area (Å²) in [4.78, 5) is 0. The van der Waals surface area contributed by atoms with Crippen LogP contribution in [-0.4, -0.2) is 24.7 Å². The van der Waals surface area contributed by atoms with Gasteiger partial charge in [0.15, 0.2) is 11.6 Å². The van der Waals surface area contributed by atoms with Gasteiger partial charge in [0, 0.05) is 18.7 Å². The first-order chi connectivity index (χ1) is 9.20. The molecule has 1 heterocycles. The third kappa shape index (κ3) is 3.93. The van der Waals surface area contributed by atoms with Gasteiger partial charge in [-0.05, 0) is 30.3 Å².